The molecule has 1 spiro atoms. The Balaban J connectivity index is 1.13. The van der Waals surface area contributed by atoms with E-state index in [1.807, 2.05) is 0 Å². The van der Waals surface area contributed by atoms with Gasteiger partial charge in [-0.2, -0.15) is 0 Å². The monoisotopic (exact) mass is 717 g/mol. The van der Waals surface area contributed by atoms with Gasteiger partial charge in [0.15, 0.2) is 0 Å². The van der Waals surface area contributed by atoms with Gasteiger partial charge in [-0.25, -0.2) is 0 Å². The zero-order valence-electron chi connectivity index (χ0n) is 31.4. The van der Waals surface area contributed by atoms with Crippen LogP contribution < -0.4 is 5.32 Å². The average Bonchev–Trinajstić information content (AvgIpc) is 3.76. The molecule has 3 nitrogen and oxygen atoms in total. The van der Waals surface area contributed by atoms with Gasteiger partial charge in [0.05, 0.1) is 27.5 Å². The Morgan fingerprint density at radius 1 is 0.536 bits per heavy atom. The van der Waals surface area contributed by atoms with Crippen LogP contribution >= 0.6 is 0 Å². The van der Waals surface area contributed by atoms with Crippen molar-refractivity contribution >= 4 is 55.4 Å². The van der Waals surface area contributed by atoms with Crippen molar-refractivity contribution in [1.82, 2.24) is 9.13 Å². The molecule has 1 aliphatic heterocycles. The summed E-state index contributed by atoms with van der Waals surface area (Å²) in [5, 5.41) is 9.23. The standard InChI is InChI=1S/C53H39N3/c1-34-40-17-7-6-14-37(40)33-51-53(34)29-13-12-28-52(53,2)56-49-21-11-9-18-41(49)43-25-22-38(32-50(43)56)44-30-35(23-26-46(44)54-51)36-24-27-48-45(31-36)42-19-8-10-20-47(42)55(48)39-15-4-3-5-16-39/h3-34,54H,1-2H3. The van der Waals surface area contributed by atoms with Crippen LogP contribution in [0.2, 0.25) is 0 Å². The van der Waals surface area contributed by atoms with E-state index in [2.05, 4.69) is 216 Å². The normalized spacial score (nSPS) is 20.8. The molecular weight excluding hydrogens is 679 g/mol. The van der Waals surface area contributed by atoms with Crippen LogP contribution in [0, 0.1) is 5.41 Å². The molecule has 3 aliphatic rings. The van der Waals surface area contributed by atoms with E-state index in [4.69, 9.17) is 0 Å². The molecule has 9 aromatic rings. The van der Waals surface area contributed by atoms with E-state index in [9.17, 15) is 0 Å². The summed E-state index contributed by atoms with van der Waals surface area (Å²) < 4.78 is 5.03. The Hall–Kier alpha value is -6.84. The highest BCUT2D eigenvalue weighted by Gasteiger charge is 2.56. The highest BCUT2D eigenvalue weighted by molar-refractivity contribution is 6.11. The number of fused-ring (bicyclic) bond motifs is 11. The van der Waals surface area contributed by atoms with Gasteiger partial charge in [-0.1, -0.05) is 134 Å². The summed E-state index contributed by atoms with van der Waals surface area (Å²) in [5.41, 5.74) is 15.0. The third kappa shape index (κ3) is 4.07. The van der Waals surface area contributed by atoms with E-state index in [0.717, 1.165) is 5.69 Å². The van der Waals surface area contributed by atoms with Crippen molar-refractivity contribution in [3.8, 4) is 27.9 Å². The summed E-state index contributed by atoms with van der Waals surface area (Å²) in [4.78, 5) is 0. The number of benzene rings is 7. The smallest absolute Gasteiger partial charge is 0.0760 e. The first-order valence-corrected chi connectivity index (χ1v) is 19.8. The molecule has 56 heavy (non-hydrogen) atoms. The van der Waals surface area contributed by atoms with E-state index in [1.165, 1.54) is 88.4 Å². The summed E-state index contributed by atoms with van der Waals surface area (Å²) in [5.74, 6) is 0.184. The minimum absolute atomic E-state index is 0.184. The number of para-hydroxylation sites is 3. The second-order valence-electron chi connectivity index (χ2n) is 16.0. The summed E-state index contributed by atoms with van der Waals surface area (Å²) >= 11 is 0. The van der Waals surface area contributed by atoms with Crippen LogP contribution in [0.1, 0.15) is 30.9 Å². The maximum atomic E-state index is 4.15. The molecule has 3 heteroatoms. The number of nitrogens with zero attached hydrogens (tertiary/aromatic N) is 2. The lowest BCUT2D eigenvalue weighted by molar-refractivity contribution is 0.180. The fourth-order valence-corrected chi connectivity index (χ4v) is 10.8. The van der Waals surface area contributed by atoms with Crippen LogP contribution in [-0.4, -0.2) is 9.13 Å². The quantitative estimate of drug-likeness (QED) is 0.189. The third-order valence-corrected chi connectivity index (χ3v) is 13.4. The summed E-state index contributed by atoms with van der Waals surface area (Å²) in [6.45, 7) is 4.87. The summed E-state index contributed by atoms with van der Waals surface area (Å²) in [7, 11) is 0. The lowest BCUT2D eigenvalue weighted by atomic mass is 9.55. The first-order valence-electron chi connectivity index (χ1n) is 19.8. The molecule has 0 fully saturated rings. The molecule has 12 rings (SSSR count). The van der Waals surface area contributed by atoms with Crippen molar-refractivity contribution in [2.45, 2.75) is 25.3 Å². The molecule has 2 aliphatic carbocycles. The van der Waals surface area contributed by atoms with Gasteiger partial charge >= 0.3 is 0 Å². The zero-order valence-corrected chi connectivity index (χ0v) is 31.4. The fraction of sp³-hybridized carbons (Fsp3) is 0.0943. The van der Waals surface area contributed by atoms with Crippen LogP contribution in [0.25, 0.3) is 77.6 Å². The maximum Gasteiger partial charge on any atom is 0.0760 e. The number of aromatic nitrogens is 2. The average molecular weight is 718 g/mol. The molecule has 0 saturated carbocycles. The van der Waals surface area contributed by atoms with E-state index in [1.54, 1.807) is 0 Å². The van der Waals surface area contributed by atoms with Gasteiger partial charge in [-0.05, 0) is 101 Å². The molecule has 2 bridgehead atoms. The van der Waals surface area contributed by atoms with Crippen molar-refractivity contribution in [2.75, 3.05) is 5.32 Å². The molecule has 0 radical (unpaired) electrons. The van der Waals surface area contributed by atoms with Gasteiger partial charge in [0.25, 0.3) is 0 Å². The van der Waals surface area contributed by atoms with Crippen molar-refractivity contribution in [2.24, 2.45) is 5.41 Å². The number of hydrogen-bond donors (Lipinski definition) is 1. The Morgan fingerprint density at radius 3 is 2.07 bits per heavy atom. The van der Waals surface area contributed by atoms with E-state index < -0.39 is 11.0 Å². The second kappa shape index (κ2) is 11.3. The molecule has 3 unspecified atom stereocenters. The predicted molar refractivity (Wildman–Crippen MR) is 235 cm³/mol. The number of nitrogens with one attached hydrogen (secondary N) is 1. The van der Waals surface area contributed by atoms with Crippen LogP contribution in [0.4, 0.5) is 5.69 Å². The van der Waals surface area contributed by atoms with Gasteiger partial charge in [0, 0.05) is 49.7 Å². The van der Waals surface area contributed by atoms with Gasteiger partial charge in [0.1, 0.15) is 0 Å². The van der Waals surface area contributed by atoms with Crippen molar-refractivity contribution < 1.29 is 0 Å². The topological polar surface area (TPSA) is 21.9 Å². The first kappa shape index (κ1) is 31.5. The minimum atomic E-state index is -0.431. The minimum Gasteiger partial charge on any atom is -0.358 e. The van der Waals surface area contributed by atoms with Crippen LogP contribution in [0.3, 0.4) is 0 Å². The Bertz CT molecular complexity index is 3210. The van der Waals surface area contributed by atoms with Crippen molar-refractivity contribution in [3.05, 3.63) is 199 Å². The molecular formula is C53H39N3. The van der Waals surface area contributed by atoms with Gasteiger partial charge in [-0.15, -0.1) is 0 Å². The Morgan fingerprint density at radius 2 is 1.20 bits per heavy atom. The third-order valence-electron chi connectivity index (χ3n) is 13.4. The molecule has 266 valence electrons. The van der Waals surface area contributed by atoms with E-state index in [-0.39, 0.29) is 5.92 Å². The molecule has 1 N–H and O–H groups in total. The highest BCUT2D eigenvalue weighted by Crippen LogP contribution is 2.61. The van der Waals surface area contributed by atoms with E-state index >= 15 is 0 Å². The van der Waals surface area contributed by atoms with Crippen LogP contribution in [-0.2, 0) is 5.54 Å². The SMILES string of the molecule is CC1c2ccccc2C=C2Nc3ccc(-c4ccc5c(c4)c4ccccc4n5-c4ccccc4)cc3-c3ccc4c5ccccc5n(c4c3)C3(C)C=CC=CC213. The van der Waals surface area contributed by atoms with Crippen molar-refractivity contribution in [1.29, 1.82) is 0 Å². The van der Waals surface area contributed by atoms with Crippen LogP contribution in [0.15, 0.2) is 188 Å². The lowest BCUT2D eigenvalue weighted by Gasteiger charge is -2.55. The lowest BCUT2D eigenvalue weighted by Crippen LogP contribution is -2.53. The summed E-state index contributed by atoms with van der Waals surface area (Å²) in [6.07, 6.45) is 11.9. The number of hydrogen-bond acceptors (Lipinski definition) is 1. The van der Waals surface area contributed by atoms with E-state index in [0.29, 0.717) is 0 Å². The molecule has 0 amide bonds. The number of allylic oxidation sites excluding steroid dienone is 4. The van der Waals surface area contributed by atoms with Gasteiger partial charge < -0.3 is 14.5 Å². The van der Waals surface area contributed by atoms with Gasteiger partial charge in [-0.3, -0.25) is 0 Å². The predicted octanol–water partition coefficient (Wildman–Crippen LogP) is 13.6. The zero-order chi connectivity index (χ0) is 37.2. The highest BCUT2D eigenvalue weighted by atomic mass is 15.1. The maximum absolute atomic E-state index is 4.15. The Kier molecular flexibility index (Phi) is 6.38. The second-order valence-corrected chi connectivity index (χ2v) is 16.0. The Labute approximate surface area is 326 Å². The molecule has 3 atom stereocenters. The molecule has 0 saturated heterocycles. The van der Waals surface area contributed by atoms with Crippen molar-refractivity contribution in [3.63, 3.8) is 0 Å². The fourth-order valence-electron chi connectivity index (χ4n) is 10.8. The molecule has 2 aromatic heterocycles. The number of anilines is 1. The van der Waals surface area contributed by atoms with Gasteiger partial charge in [0.2, 0.25) is 0 Å². The molecule has 7 aromatic carbocycles. The largest absolute Gasteiger partial charge is 0.358 e. The first-order chi connectivity index (χ1) is 27.5. The summed E-state index contributed by atoms with van der Waals surface area (Å²) in [6, 6.07) is 58.5. The molecule has 3 heterocycles. The van der Waals surface area contributed by atoms with Crippen LogP contribution in [0.5, 0.6) is 0 Å². The number of rotatable bonds is 2.